The summed E-state index contributed by atoms with van der Waals surface area (Å²) >= 11 is 0. The van der Waals surface area contributed by atoms with Crippen molar-refractivity contribution in [2.45, 2.75) is 63.5 Å². The first-order chi connectivity index (χ1) is 14.5. The Labute approximate surface area is 176 Å². The van der Waals surface area contributed by atoms with Crippen molar-refractivity contribution in [2.24, 2.45) is 5.73 Å². The molecular weight excluding hydrogens is 379 g/mol. The zero-order valence-electron chi connectivity index (χ0n) is 17.6. The molecule has 0 bridgehead atoms. The average Bonchev–Trinajstić information content (AvgIpc) is 2.78. The Morgan fingerprint density at radius 1 is 1.20 bits per heavy atom. The van der Waals surface area contributed by atoms with E-state index in [0.717, 1.165) is 37.5 Å². The number of halogens is 1. The van der Waals surface area contributed by atoms with Crippen molar-refractivity contribution in [3.8, 4) is 5.75 Å². The van der Waals surface area contributed by atoms with Gasteiger partial charge >= 0.3 is 0 Å². The monoisotopic (exact) mass is 408 g/mol. The fourth-order valence-electron chi connectivity index (χ4n) is 5.02. The van der Waals surface area contributed by atoms with Gasteiger partial charge in [0, 0.05) is 23.2 Å². The van der Waals surface area contributed by atoms with Crippen LogP contribution in [0.2, 0.25) is 0 Å². The van der Waals surface area contributed by atoms with E-state index in [4.69, 9.17) is 10.5 Å². The van der Waals surface area contributed by atoms with Gasteiger partial charge in [-0.15, -0.1) is 0 Å². The molecule has 4 rings (SSSR count). The minimum Gasteiger partial charge on any atom is -0.487 e. The Balaban J connectivity index is 1.58. The van der Waals surface area contributed by atoms with Gasteiger partial charge in [0.2, 0.25) is 0 Å². The van der Waals surface area contributed by atoms with Gasteiger partial charge in [0.05, 0.1) is 11.5 Å². The number of H-pyrrole nitrogens is 1. The summed E-state index contributed by atoms with van der Waals surface area (Å²) < 4.78 is 21.0. The summed E-state index contributed by atoms with van der Waals surface area (Å²) in [5, 5.41) is 1.07. The van der Waals surface area contributed by atoms with Gasteiger partial charge in [0.1, 0.15) is 0 Å². The second-order valence-electron chi connectivity index (χ2n) is 8.43. The van der Waals surface area contributed by atoms with E-state index in [1.54, 1.807) is 12.3 Å². The first-order valence-electron chi connectivity index (χ1n) is 10.7. The quantitative estimate of drug-likeness (QED) is 0.626. The van der Waals surface area contributed by atoms with Crippen LogP contribution in [0.15, 0.2) is 53.5 Å². The third-order valence-electron chi connectivity index (χ3n) is 6.84. The minimum absolute atomic E-state index is 0.0693. The molecule has 0 aliphatic heterocycles. The molecule has 4 nitrogen and oxygen atoms in total. The Bertz CT molecular complexity index is 1090. The number of pyridine rings is 1. The molecule has 30 heavy (non-hydrogen) atoms. The number of aryl methyl sites for hydroxylation is 1. The van der Waals surface area contributed by atoms with E-state index in [0.29, 0.717) is 10.9 Å². The highest BCUT2D eigenvalue weighted by atomic mass is 19.1. The maximum absolute atomic E-state index is 14.8. The molecule has 0 spiro atoms. The number of nitrogens with two attached hydrogens (primary N) is 1. The van der Waals surface area contributed by atoms with Gasteiger partial charge in [-0.25, -0.2) is 4.39 Å². The van der Waals surface area contributed by atoms with Gasteiger partial charge in [-0.3, -0.25) is 4.79 Å². The molecule has 1 aliphatic rings. The lowest BCUT2D eigenvalue weighted by atomic mass is 9.64. The highest BCUT2D eigenvalue weighted by Crippen LogP contribution is 2.44. The first kappa shape index (κ1) is 20.6. The van der Waals surface area contributed by atoms with Gasteiger partial charge in [-0.2, -0.15) is 0 Å². The van der Waals surface area contributed by atoms with Gasteiger partial charge in [-0.1, -0.05) is 37.3 Å². The van der Waals surface area contributed by atoms with Crippen molar-refractivity contribution in [3.05, 3.63) is 76.0 Å². The van der Waals surface area contributed by atoms with Crippen molar-refractivity contribution in [1.29, 1.82) is 0 Å². The van der Waals surface area contributed by atoms with Crippen LogP contribution in [-0.2, 0) is 5.41 Å². The van der Waals surface area contributed by atoms with Gasteiger partial charge in [0.15, 0.2) is 11.6 Å². The second-order valence-corrected chi connectivity index (χ2v) is 8.43. The molecule has 1 atom stereocenters. The Morgan fingerprint density at radius 2 is 1.90 bits per heavy atom. The molecule has 1 aromatic heterocycles. The standard InChI is InChI=1S/C25H29FN2O2/c1-3-22(27)25(17-7-5-4-6-8-17)12-9-18(10-13-25)30-23-16(2)19-11-14-28-24(29)20(19)15-21(23)26/h4-8,11,14-15,18,22H,3,9-10,12-13,27H2,1-2H3,(H,28,29)/t18-,22?,25+. The van der Waals surface area contributed by atoms with E-state index in [9.17, 15) is 9.18 Å². The first-order valence-corrected chi connectivity index (χ1v) is 10.7. The number of fused-ring (bicyclic) bond motifs is 1. The van der Waals surface area contributed by atoms with Crippen molar-refractivity contribution >= 4 is 10.8 Å². The van der Waals surface area contributed by atoms with Crippen LogP contribution in [0.5, 0.6) is 5.75 Å². The zero-order chi connectivity index (χ0) is 21.3. The fraction of sp³-hybridized carbons (Fsp3) is 0.400. The molecule has 3 N–H and O–H groups in total. The van der Waals surface area contributed by atoms with Crippen molar-refractivity contribution in [2.75, 3.05) is 0 Å². The van der Waals surface area contributed by atoms with Gasteiger partial charge in [-0.05, 0) is 62.1 Å². The summed E-state index contributed by atoms with van der Waals surface area (Å²) in [5.41, 5.74) is 8.19. The van der Waals surface area contributed by atoms with E-state index in [-0.39, 0.29) is 28.9 Å². The Hall–Kier alpha value is -2.66. The molecule has 158 valence electrons. The van der Waals surface area contributed by atoms with Crippen LogP contribution in [-0.4, -0.2) is 17.1 Å². The summed E-state index contributed by atoms with van der Waals surface area (Å²) in [4.78, 5) is 14.6. The topological polar surface area (TPSA) is 68.1 Å². The molecule has 1 saturated carbocycles. The van der Waals surface area contributed by atoms with Crippen molar-refractivity contribution < 1.29 is 9.13 Å². The summed E-state index contributed by atoms with van der Waals surface area (Å²) in [6, 6.07) is 13.6. The lowest BCUT2D eigenvalue weighted by Crippen LogP contribution is -2.48. The van der Waals surface area contributed by atoms with Crippen LogP contribution in [0.1, 0.15) is 50.2 Å². The van der Waals surface area contributed by atoms with Crippen LogP contribution in [0, 0.1) is 12.7 Å². The van der Waals surface area contributed by atoms with Crippen molar-refractivity contribution in [1.82, 2.24) is 4.98 Å². The van der Waals surface area contributed by atoms with E-state index in [1.807, 2.05) is 13.0 Å². The molecule has 3 aromatic rings. The molecule has 1 aliphatic carbocycles. The summed E-state index contributed by atoms with van der Waals surface area (Å²) in [6.45, 7) is 3.94. The van der Waals surface area contributed by atoms with E-state index in [2.05, 4.69) is 36.2 Å². The predicted molar refractivity (Wildman–Crippen MR) is 119 cm³/mol. The number of hydrogen-bond acceptors (Lipinski definition) is 3. The van der Waals surface area contributed by atoms with Crippen LogP contribution >= 0.6 is 0 Å². The molecule has 5 heteroatoms. The van der Waals surface area contributed by atoms with Crippen LogP contribution in [0.25, 0.3) is 10.8 Å². The number of benzene rings is 2. The van der Waals surface area contributed by atoms with Crippen LogP contribution in [0.3, 0.4) is 0 Å². The van der Waals surface area contributed by atoms with Crippen LogP contribution < -0.4 is 16.0 Å². The number of hydrogen-bond donors (Lipinski definition) is 2. The lowest BCUT2D eigenvalue weighted by molar-refractivity contribution is 0.0994. The third-order valence-corrected chi connectivity index (χ3v) is 6.84. The molecule has 0 amide bonds. The minimum atomic E-state index is -0.484. The van der Waals surface area contributed by atoms with Gasteiger partial charge < -0.3 is 15.5 Å². The molecule has 0 saturated heterocycles. The summed E-state index contributed by atoms with van der Waals surface area (Å²) in [6.07, 6.45) is 5.87. The average molecular weight is 409 g/mol. The summed E-state index contributed by atoms with van der Waals surface area (Å²) in [7, 11) is 0. The van der Waals surface area contributed by atoms with E-state index >= 15 is 0 Å². The molecular formula is C25H29FN2O2. The predicted octanol–water partition coefficient (Wildman–Crippen LogP) is 4.97. The highest BCUT2D eigenvalue weighted by Gasteiger charge is 2.41. The van der Waals surface area contributed by atoms with E-state index < -0.39 is 5.82 Å². The lowest BCUT2D eigenvalue weighted by Gasteiger charge is -2.44. The SMILES string of the molecule is CCC(N)[C@]1(c2ccccc2)CC[C@H](Oc2c(F)cc3c(=O)[nH]ccc3c2C)CC1. The highest BCUT2D eigenvalue weighted by molar-refractivity contribution is 5.86. The Morgan fingerprint density at radius 3 is 2.57 bits per heavy atom. The Kier molecular flexibility index (Phi) is 5.65. The molecule has 1 unspecified atom stereocenters. The smallest absolute Gasteiger partial charge is 0.255 e. The zero-order valence-corrected chi connectivity index (χ0v) is 17.6. The number of aromatic nitrogens is 1. The maximum Gasteiger partial charge on any atom is 0.255 e. The maximum atomic E-state index is 14.8. The fourth-order valence-corrected chi connectivity index (χ4v) is 5.02. The van der Waals surface area contributed by atoms with Gasteiger partial charge in [0.25, 0.3) is 5.56 Å². The molecule has 2 aromatic carbocycles. The third kappa shape index (κ3) is 3.52. The number of nitrogens with one attached hydrogen (secondary N) is 1. The normalized spacial score (nSPS) is 22.7. The molecule has 1 heterocycles. The largest absolute Gasteiger partial charge is 0.487 e. The van der Waals surface area contributed by atoms with Crippen LogP contribution in [0.4, 0.5) is 4.39 Å². The second kappa shape index (κ2) is 8.23. The molecule has 1 fully saturated rings. The van der Waals surface area contributed by atoms with Crippen molar-refractivity contribution in [3.63, 3.8) is 0 Å². The number of ether oxygens (including phenoxy) is 1. The number of rotatable bonds is 5. The summed E-state index contributed by atoms with van der Waals surface area (Å²) in [5.74, 6) is -0.230. The number of aromatic amines is 1. The molecule has 0 radical (unpaired) electrons. The van der Waals surface area contributed by atoms with E-state index in [1.165, 1.54) is 11.6 Å².